The molecule has 2 aliphatic rings. The Kier molecular flexibility index (Phi) is 1.50. The van der Waals surface area contributed by atoms with Gasteiger partial charge in [0.05, 0.1) is 13.2 Å². The van der Waals surface area contributed by atoms with E-state index in [2.05, 4.69) is 6.92 Å². The first-order valence-corrected chi connectivity index (χ1v) is 3.09. The number of nitrogens with two attached hydrogens (primary N) is 1. The van der Waals surface area contributed by atoms with Crippen LogP contribution in [0.15, 0.2) is 0 Å². The molecule has 0 bridgehead atoms. The first kappa shape index (κ1) is 7.32. The van der Waals surface area contributed by atoms with Gasteiger partial charge in [-0.25, -0.2) is 0 Å². The summed E-state index contributed by atoms with van der Waals surface area (Å²) in [5.41, 5.74) is 5.97. The van der Waals surface area contributed by atoms with Crippen molar-refractivity contribution >= 4 is 12.4 Å². The van der Waals surface area contributed by atoms with E-state index in [1.807, 2.05) is 0 Å². The van der Waals surface area contributed by atoms with Gasteiger partial charge in [-0.05, 0) is 6.92 Å². The van der Waals surface area contributed by atoms with Crippen LogP contribution in [0.2, 0.25) is 0 Å². The molecule has 2 N–H and O–H groups in total. The fraction of sp³-hybridized carbons (Fsp3) is 1.00. The zero-order valence-corrected chi connectivity index (χ0v) is 6.28. The van der Waals surface area contributed by atoms with Crippen LogP contribution in [0.4, 0.5) is 0 Å². The summed E-state index contributed by atoms with van der Waals surface area (Å²) in [6.45, 7) is 3.92. The van der Waals surface area contributed by atoms with Gasteiger partial charge in [0, 0.05) is 17.4 Å². The maximum Gasteiger partial charge on any atom is 0.0516 e. The highest BCUT2D eigenvalue weighted by atomic mass is 35.5. The Morgan fingerprint density at radius 3 is 2.11 bits per heavy atom. The van der Waals surface area contributed by atoms with Gasteiger partial charge in [0.25, 0.3) is 0 Å². The average molecular weight is 150 g/mol. The molecule has 0 aromatic heterocycles. The summed E-state index contributed by atoms with van der Waals surface area (Å²) in [6.07, 6.45) is 0. The zero-order chi connectivity index (χ0) is 5.78. The van der Waals surface area contributed by atoms with E-state index in [4.69, 9.17) is 10.5 Å². The summed E-state index contributed by atoms with van der Waals surface area (Å²) >= 11 is 0. The Morgan fingerprint density at radius 2 is 1.89 bits per heavy atom. The molecule has 3 heteroatoms. The third-order valence-electron chi connectivity index (χ3n) is 2.57. The summed E-state index contributed by atoms with van der Waals surface area (Å²) in [5, 5.41) is 0. The summed E-state index contributed by atoms with van der Waals surface area (Å²) in [4.78, 5) is 0. The van der Waals surface area contributed by atoms with E-state index in [1.165, 1.54) is 0 Å². The van der Waals surface area contributed by atoms with E-state index in [0.717, 1.165) is 13.2 Å². The van der Waals surface area contributed by atoms with E-state index < -0.39 is 0 Å². The number of ether oxygens (including phenoxy) is 1. The molecule has 1 heterocycles. The molecule has 9 heavy (non-hydrogen) atoms. The molecule has 2 fully saturated rings. The first-order valence-electron chi connectivity index (χ1n) is 3.09. The molecule has 54 valence electrons. The molecule has 2 rings (SSSR count). The van der Waals surface area contributed by atoms with Crippen molar-refractivity contribution in [3.8, 4) is 0 Å². The second kappa shape index (κ2) is 1.84. The van der Waals surface area contributed by atoms with Gasteiger partial charge in [0.15, 0.2) is 0 Å². The zero-order valence-electron chi connectivity index (χ0n) is 5.46. The molecule has 0 aromatic rings. The van der Waals surface area contributed by atoms with Gasteiger partial charge in [0.2, 0.25) is 0 Å². The average Bonchev–Trinajstić information content (AvgIpc) is 2.22. The Balaban J connectivity index is 0.000000405. The van der Waals surface area contributed by atoms with Crippen LogP contribution < -0.4 is 5.73 Å². The molecule has 0 radical (unpaired) electrons. The molecule has 3 atom stereocenters. The minimum atomic E-state index is 0. The van der Waals surface area contributed by atoms with E-state index in [0.29, 0.717) is 11.8 Å². The highest BCUT2D eigenvalue weighted by Gasteiger charge is 2.61. The summed E-state index contributed by atoms with van der Waals surface area (Å²) in [6, 6.07) is 0. The predicted octanol–water partition coefficient (Wildman–Crippen LogP) is 0.402. The molecular formula is C6H12ClNO. The molecule has 0 amide bonds. The lowest BCUT2D eigenvalue weighted by molar-refractivity contribution is 0.147. The monoisotopic (exact) mass is 149 g/mol. The van der Waals surface area contributed by atoms with Crippen LogP contribution >= 0.6 is 12.4 Å². The second-order valence-corrected chi connectivity index (χ2v) is 3.12. The highest BCUT2D eigenvalue weighted by Crippen LogP contribution is 2.51. The molecule has 2 nitrogen and oxygen atoms in total. The van der Waals surface area contributed by atoms with Gasteiger partial charge >= 0.3 is 0 Å². The third-order valence-corrected chi connectivity index (χ3v) is 2.57. The quantitative estimate of drug-likeness (QED) is 0.541. The van der Waals surface area contributed by atoms with E-state index in [9.17, 15) is 0 Å². The number of hydrogen-bond donors (Lipinski definition) is 1. The maximum absolute atomic E-state index is 5.83. The van der Waals surface area contributed by atoms with Gasteiger partial charge in [-0.15, -0.1) is 12.4 Å². The summed E-state index contributed by atoms with van der Waals surface area (Å²) < 4.78 is 5.16. The topological polar surface area (TPSA) is 35.2 Å². The van der Waals surface area contributed by atoms with Crippen molar-refractivity contribution in [1.29, 1.82) is 0 Å². The number of hydrogen-bond acceptors (Lipinski definition) is 2. The fourth-order valence-electron chi connectivity index (χ4n) is 1.64. The standard InChI is InChI=1S/C6H11NO.ClH/c1-6(7)4-2-8-3-5(4)6;/h4-5H,2-3,7H2,1H3;1H/t4-,5?,6?;/m0./s1. The highest BCUT2D eigenvalue weighted by molar-refractivity contribution is 5.85. The van der Waals surface area contributed by atoms with Crippen LogP contribution in [0, 0.1) is 11.8 Å². The van der Waals surface area contributed by atoms with Crippen LogP contribution in [-0.2, 0) is 4.74 Å². The van der Waals surface area contributed by atoms with Crippen LogP contribution in [0.25, 0.3) is 0 Å². The Hall–Kier alpha value is 0.210. The predicted molar refractivity (Wildman–Crippen MR) is 37.6 cm³/mol. The lowest BCUT2D eigenvalue weighted by Gasteiger charge is -2.06. The molecule has 1 aliphatic carbocycles. The number of rotatable bonds is 0. The largest absolute Gasteiger partial charge is 0.381 e. The Bertz CT molecular complexity index is 114. The van der Waals surface area contributed by atoms with Crippen molar-refractivity contribution in [2.24, 2.45) is 17.6 Å². The van der Waals surface area contributed by atoms with Crippen LogP contribution in [-0.4, -0.2) is 18.8 Å². The molecule has 2 unspecified atom stereocenters. The molecule has 1 aliphatic heterocycles. The van der Waals surface area contributed by atoms with Crippen molar-refractivity contribution < 1.29 is 4.74 Å². The maximum atomic E-state index is 5.83. The third kappa shape index (κ3) is 0.775. The summed E-state index contributed by atoms with van der Waals surface area (Å²) in [7, 11) is 0. The first-order chi connectivity index (χ1) is 3.73. The molecule has 1 saturated carbocycles. The number of fused-ring (bicyclic) bond motifs is 1. The molecule has 1 saturated heterocycles. The van der Waals surface area contributed by atoms with E-state index in [-0.39, 0.29) is 17.9 Å². The van der Waals surface area contributed by atoms with Crippen molar-refractivity contribution in [2.75, 3.05) is 13.2 Å². The molecule has 0 spiro atoms. The van der Waals surface area contributed by atoms with Gasteiger partial charge in [0.1, 0.15) is 0 Å². The SMILES string of the molecule is CC1(N)C2COC[C@@H]21.Cl. The summed E-state index contributed by atoms with van der Waals surface area (Å²) in [5.74, 6) is 1.37. The Morgan fingerprint density at radius 1 is 1.44 bits per heavy atom. The van der Waals surface area contributed by atoms with Crippen molar-refractivity contribution in [3.63, 3.8) is 0 Å². The van der Waals surface area contributed by atoms with Crippen molar-refractivity contribution in [3.05, 3.63) is 0 Å². The van der Waals surface area contributed by atoms with Crippen molar-refractivity contribution in [2.45, 2.75) is 12.5 Å². The minimum Gasteiger partial charge on any atom is -0.381 e. The fourth-order valence-corrected chi connectivity index (χ4v) is 1.64. The van der Waals surface area contributed by atoms with Crippen molar-refractivity contribution in [1.82, 2.24) is 0 Å². The van der Waals surface area contributed by atoms with Crippen LogP contribution in [0.5, 0.6) is 0 Å². The smallest absolute Gasteiger partial charge is 0.0516 e. The van der Waals surface area contributed by atoms with Crippen LogP contribution in [0.3, 0.4) is 0 Å². The van der Waals surface area contributed by atoms with Gasteiger partial charge < -0.3 is 10.5 Å². The van der Waals surface area contributed by atoms with Crippen LogP contribution in [0.1, 0.15) is 6.92 Å². The van der Waals surface area contributed by atoms with Gasteiger partial charge in [-0.1, -0.05) is 0 Å². The molecule has 0 aromatic carbocycles. The normalized spacial score (nSPS) is 54.0. The second-order valence-electron chi connectivity index (χ2n) is 3.12. The lowest BCUT2D eigenvalue weighted by Crippen LogP contribution is -2.26. The Labute approximate surface area is 61.2 Å². The lowest BCUT2D eigenvalue weighted by atomic mass is 10.2. The van der Waals surface area contributed by atoms with E-state index >= 15 is 0 Å². The van der Waals surface area contributed by atoms with Gasteiger partial charge in [-0.2, -0.15) is 0 Å². The minimum absolute atomic E-state index is 0. The van der Waals surface area contributed by atoms with E-state index in [1.54, 1.807) is 0 Å². The number of halogens is 1. The molecular weight excluding hydrogens is 138 g/mol. The van der Waals surface area contributed by atoms with Gasteiger partial charge in [-0.3, -0.25) is 0 Å².